The van der Waals surface area contributed by atoms with Crippen molar-refractivity contribution in [1.29, 1.82) is 0 Å². The third-order valence-electron chi connectivity index (χ3n) is 7.43. The monoisotopic (exact) mass is 542 g/mol. The molecule has 1 aromatic heterocycles. The van der Waals surface area contributed by atoms with E-state index in [4.69, 9.17) is 11.6 Å². The van der Waals surface area contributed by atoms with E-state index in [1.54, 1.807) is 17.9 Å². The molecule has 2 atom stereocenters. The van der Waals surface area contributed by atoms with Crippen molar-refractivity contribution in [3.05, 3.63) is 57.7 Å². The Hall–Kier alpha value is -2.84. The van der Waals surface area contributed by atoms with Crippen LogP contribution in [-0.4, -0.2) is 63.7 Å². The van der Waals surface area contributed by atoms with E-state index in [1.807, 2.05) is 19.1 Å². The number of aryl methyl sites for hydroxylation is 2. The lowest BCUT2D eigenvalue weighted by atomic mass is 10.0. The topological polar surface area (TPSA) is 82.6 Å². The van der Waals surface area contributed by atoms with Gasteiger partial charge in [0.1, 0.15) is 11.9 Å². The number of carbonyl (C=O) groups is 3. The molecule has 2 amide bonds. The molecule has 4 rings (SSSR count). The van der Waals surface area contributed by atoms with Crippen LogP contribution in [0.15, 0.2) is 30.3 Å². The highest BCUT2D eigenvalue weighted by Crippen LogP contribution is 2.29. The van der Waals surface area contributed by atoms with E-state index in [0.717, 1.165) is 43.1 Å². The summed E-state index contributed by atoms with van der Waals surface area (Å²) in [6, 6.07) is 8.71. The molecule has 0 aliphatic carbocycles. The van der Waals surface area contributed by atoms with Crippen LogP contribution in [0.3, 0.4) is 0 Å². The second-order valence-corrected chi connectivity index (χ2v) is 11.0. The molecule has 2 saturated heterocycles. The Morgan fingerprint density at radius 2 is 1.89 bits per heavy atom. The molecule has 38 heavy (non-hydrogen) atoms. The summed E-state index contributed by atoms with van der Waals surface area (Å²) in [5.74, 6) is -0.193. The maximum atomic E-state index is 13.3. The van der Waals surface area contributed by atoms with Gasteiger partial charge in [0.2, 0.25) is 11.8 Å². The minimum Gasteiger partial charge on any atom is -0.328 e. The van der Waals surface area contributed by atoms with Crippen LogP contribution in [0.1, 0.15) is 72.6 Å². The lowest BCUT2D eigenvalue weighted by molar-refractivity contribution is -0.136. The summed E-state index contributed by atoms with van der Waals surface area (Å²) in [4.78, 5) is 47.1. The molecular formula is C29H36ClFN4O3. The highest BCUT2D eigenvalue weighted by molar-refractivity contribution is 6.31. The minimum atomic E-state index is -1.06. The molecule has 1 unspecified atom stereocenters. The first-order valence-electron chi connectivity index (χ1n) is 13.4. The van der Waals surface area contributed by atoms with Gasteiger partial charge in [0.05, 0.1) is 6.17 Å². The Kier molecular flexibility index (Phi) is 9.15. The van der Waals surface area contributed by atoms with E-state index in [0.29, 0.717) is 24.1 Å². The third-order valence-corrected chi connectivity index (χ3v) is 7.86. The average molecular weight is 543 g/mol. The van der Waals surface area contributed by atoms with Crippen LogP contribution in [0, 0.1) is 13.8 Å². The molecule has 0 spiro atoms. The van der Waals surface area contributed by atoms with E-state index in [9.17, 15) is 18.8 Å². The molecule has 2 aromatic rings. The van der Waals surface area contributed by atoms with Crippen molar-refractivity contribution in [2.45, 2.75) is 84.1 Å². The van der Waals surface area contributed by atoms with Crippen LogP contribution in [0.5, 0.6) is 0 Å². The van der Waals surface area contributed by atoms with Gasteiger partial charge in [-0.25, -0.2) is 9.37 Å². The number of halogens is 2. The first-order valence-corrected chi connectivity index (χ1v) is 13.7. The third kappa shape index (κ3) is 6.97. The second kappa shape index (κ2) is 12.3. The van der Waals surface area contributed by atoms with Gasteiger partial charge in [-0.2, -0.15) is 0 Å². The Morgan fingerprint density at radius 1 is 1.16 bits per heavy atom. The van der Waals surface area contributed by atoms with Crippen molar-refractivity contribution >= 4 is 35.0 Å². The smallest absolute Gasteiger partial charge is 0.248 e. The summed E-state index contributed by atoms with van der Waals surface area (Å²) in [6.45, 7) is 7.68. The van der Waals surface area contributed by atoms with E-state index in [1.165, 1.54) is 18.6 Å². The first kappa shape index (κ1) is 28.2. The van der Waals surface area contributed by atoms with Crippen molar-refractivity contribution in [3.63, 3.8) is 0 Å². The van der Waals surface area contributed by atoms with Gasteiger partial charge in [-0.3, -0.25) is 19.3 Å². The number of amides is 2. The minimum absolute atomic E-state index is 0.00494. The molecule has 9 heteroatoms. The molecule has 204 valence electrons. The van der Waals surface area contributed by atoms with Crippen LogP contribution in [0.4, 0.5) is 10.2 Å². The molecule has 3 heterocycles. The number of likely N-dealkylation sites (tertiary alicyclic amines) is 2. The highest BCUT2D eigenvalue weighted by Gasteiger charge is 2.41. The summed E-state index contributed by atoms with van der Waals surface area (Å²) >= 11 is 6.16. The maximum Gasteiger partial charge on any atom is 0.248 e. The Balaban J connectivity index is 1.37. The predicted molar refractivity (Wildman–Crippen MR) is 146 cm³/mol. The highest BCUT2D eigenvalue weighted by atomic mass is 35.5. The van der Waals surface area contributed by atoms with Gasteiger partial charge in [0, 0.05) is 54.8 Å². The fraction of sp³-hybridized carbons (Fsp3) is 0.517. The van der Waals surface area contributed by atoms with E-state index in [-0.39, 0.29) is 42.3 Å². The molecule has 7 nitrogen and oxygen atoms in total. The zero-order valence-corrected chi connectivity index (χ0v) is 23.1. The molecule has 0 radical (unpaired) electrons. The maximum absolute atomic E-state index is 13.3. The summed E-state index contributed by atoms with van der Waals surface area (Å²) in [6.07, 6.45) is 1.60. The first-order chi connectivity index (χ1) is 18.1. The molecule has 1 aromatic carbocycles. The Bertz CT molecular complexity index is 1200. The fourth-order valence-electron chi connectivity index (χ4n) is 5.41. The standard InChI is InChI=1S/C29H36ClFN4O3/c1-18-14-21(5-6-24(18)30)17-34-12-10-23(11-13-34)35-25(7-9-28(35)37)29(38)33-27-16-22(15-20(3)32-27)26(36)8-4-19(2)31/h5-6,14-16,19,23,25H,4,7-13,17H2,1-3H3,(H,32,33,38)/t19?,25-/m1/s1. The van der Waals surface area contributed by atoms with Gasteiger partial charge in [-0.1, -0.05) is 23.7 Å². The van der Waals surface area contributed by atoms with Gasteiger partial charge >= 0.3 is 0 Å². The van der Waals surface area contributed by atoms with Gasteiger partial charge in [0.25, 0.3) is 0 Å². The number of carbonyl (C=O) groups excluding carboxylic acids is 3. The number of nitrogens with one attached hydrogen (secondary N) is 1. The molecular weight excluding hydrogens is 507 g/mol. The van der Waals surface area contributed by atoms with Crippen molar-refractivity contribution < 1.29 is 18.8 Å². The van der Waals surface area contributed by atoms with Crippen LogP contribution < -0.4 is 5.32 Å². The lowest BCUT2D eigenvalue weighted by Crippen LogP contribution is -2.51. The normalized spacial score (nSPS) is 19.6. The zero-order chi connectivity index (χ0) is 27.4. The Morgan fingerprint density at radius 3 is 2.58 bits per heavy atom. The lowest BCUT2D eigenvalue weighted by Gasteiger charge is -2.39. The van der Waals surface area contributed by atoms with E-state index in [2.05, 4.69) is 21.3 Å². The fourth-order valence-corrected chi connectivity index (χ4v) is 5.53. The molecule has 2 fully saturated rings. The summed E-state index contributed by atoms with van der Waals surface area (Å²) in [5, 5.41) is 3.60. The van der Waals surface area contributed by atoms with Gasteiger partial charge in [-0.15, -0.1) is 0 Å². The van der Waals surface area contributed by atoms with Crippen molar-refractivity contribution in [3.8, 4) is 0 Å². The summed E-state index contributed by atoms with van der Waals surface area (Å²) in [5.41, 5.74) is 3.25. The van der Waals surface area contributed by atoms with Crippen LogP contribution >= 0.6 is 11.6 Å². The van der Waals surface area contributed by atoms with Gasteiger partial charge in [-0.05, 0) is 75.8 Å². The number of hydrogen-bond donors (Lipinski definition) is 1. The number of pyridine rings is 1. The predicted octanol–water partition coefficient (Wildman–Crippen LogP) is 5.27. The number of alkyl halides is 1. The number of benzene rings is 1. The second-order valence-electron chi connectivity index (χ2n) is 10.6. The van der Waals surface area contributed by atoms with Crippen LogP contribution in [0.2, 0.25) is 5.02 Å². The number of hydrogen-bond acceptors (Lipinski definition) is 5. The van der Waals surface area contributed by atoms with Crippen molar-refractivity contribution in [2.24, 2.45) is 0 Å². The SMILES string of the molecule is Cc1cc(C(=O)CCC(C)F)cc(NC(=O)[C@H]2CCC(=O)N2C2CCN(Cc3ccc(Cl)c(C)c3)CC2)n1. The number of nitrogens with zero attached hydrogens (tertiary/aromatic N) is 3. The largest absolute Gasteiger partial charge is 0.328 e. The number of Topliss-reactive ketones (excluding diaryl/α,β-unsaturated/α-hetero) is 1. The summed E-state index contributed by atoms with van der Waals surface area (Å²) < 4.78 is 13.2. The molecule has 0 saturated carbocycles. The number of ketones is 1. The molecule has 2 aliphatic heterocycles. The zero-order valence-electron chi connectivity index (χ0n) is 22.3. The number of anilines is 1. The number of piperidine rings is 1. The summed E-state index contributed by atoms with van der Waals surface area (Å²) in [7, 11) is 0. The van der Waals surface area contributed by atoms with Crippen molar-refractivity contribution in [1.82, 2.24) is 14.8 Å². The Labute approximate surface area is 228 Å². The van der Waals surface area contributed by atoms with Crippen molar-refractivity contribution in [2.75, 3.05) is 18.4 Å². The molecule has 0 bridgehead atoms. The van der Waals surface area contributed by atoms with Crippen LogP contribution in [0.25, 0.3) is 0 Å². The molecule has 2 aliphatic rings. The molecule has 1 N–H and O–H groups in total. The van der Waals surface area contributed by atoms with E-state index >= 15 is 0 Å². The average Bonchev–Trinajstić information content (AvgIpc) is 3.26. The number of aromatic nitrogens is 1. The van der Waals surface area contributed by atoms with Gasteiger partial charge in [0.15, 0.2) is 5.78 Å². The van der Waals surface area contributed by atoms with Gasteiger partial charge < -0.3 is 10.2 Å². The van der Waals surface area contributed by atoms with Crippen LogP contribution in [-0.2, 0) is 16.1 Å². The number of rotatable bonds is 9. The quantitative estimate of drug-likeness (QED) is 0.437. The van der Waals surface area contributed by atoms with E-state index < -0.39 is 12.2 Å².